The third-order valence-corrected chi connectivity index (χ3v) is 4.67. The van der Waals surface area contributed by atoms with Crippen LogP contribution in [0.5, 0.6) is 0 Å². The van der Waals surface area contributed by atoms with Crippen molar-refractivity contribution in [3.8, 4) is 0 Å². The highest BCUT2D eigenvalue weighted by atomic mass is 15.2. The third kappa shape index (κ3) is 3.43. The minimum Gasteiger partial charge on any atom is -0.328 e. The van der Waals surface area contributed by atoms with E-state index in [0.717, 1.165) is 12.0 Å². The standard InChI is InChI=1S/C14H29N3/c1-3-17(4-2)14-7-8-16(11-14)10-12-5-6-13(15)9-12/h12-14H,3-11,15H2,1-2H3. The lowest BCUT2D eigenvalue weighted by Gasteiger charge is -2.27. The molecule has 1 aliphatic heterocycles. The van der Waals surface area contributed by atoms with Gasteiger partial charge in [-0.1, -0.05) is 13.8 Å². The lowest BCUT2D eigenvalue weighted by Crippen LogP contribution is -2.38. The fourth-order valence-electron chi connectivity index (χ4n) is 3.66. The Morgan fingerprint density at radius 2 is 1.94 bits per heavy atom. The van der Waals surface area contributed by atoms with Crippen molar-refractivity contribution in [1.29, 1.82) is 0 Å². The molecule has 1 saturated carbocycles. The number of rotatable bonds is 5. The van der Waals surface area contributed by atoms with E-state index < -0.39 is 0 Å². The number of hydrogen-bond donors (Lipinski definition) is 1. The molecule has 1 saturated heterocycles. The first-order valence-electron chi connectivity index (χ1n) is 7.44. The molecule has 0 amide bonds. The Bertz CT molecular complexity index is 228. The summed E-state index contributed by atoms with van der Waals surface area (Å²) in [5, 5.41) is 0. The summed E-state index contributed by atoms with van der Waals surface area (Å²) >= 11 is 0. The van der Waals surface area contributed by atoms with Gasteiger partial charge in [0.15, 0.2) is 0 Å². The Hall–Kier alpha value is -0.120. The van der Waals surface area contributed by atoms with Crippen molar-refractivity contribution in [1.82, 2.24) is 9.80 Å². The van der Waals surface area contributed by atoms with Crippen molar-refractivity contribution in [2.24, 2.45) is 11.7 Å². The Labute approximate surface area is 106 Å². The maximum Gasteiger partial charge on any atom is 0.0235 e. The van der Waals surface area contributed by atoms with Gasteiger partial charge in [-0.05, 0) is 51.2 Å². The second kappa shape index (κ2) is 6.17. The van der Waals surface area contributed by atoms with Crippen LogP contribution >= 0.6 is 0 Å². The molecule has 0 radical (unpaired) electrons. The lowest BCUT2D eigenvalue weighted by atomic mass is 10.1. The quantitative estimate of drug-likeness (QED) is 0.790. The summed E-state index contributed by atoms with van der Waals surface area (Å²) in [7, 11) is 0. The Morgan fingerprint density at radius 1 is 1.18 bits per heavy atom. The van der Waals surface area contributed by atoms with E-state index in [1.54, 1.807) is 0 Å². The number of nitrogens with two attached hydrogens (primary N) is 1. The first kappa shape index (κ1) is 13.3. The SMILES string of the molecule is CCN(CC)C1CCN(CC2CCC(N)C2)C1. The highest BCUT2D eigenvalue weighted by molar-refractivity contribution is 4.86. The molecule has 0 aromatic rings. The molecular weight excluding hydrogens is 210 g/mol. The van der Waals surface area contributed by atoms with Crippen LogP contribution < -0.4 is 5.73 Å². The van der Waals surface area contributed by atoms with E-state index in [2.05, 4.69) is 23.6 Å². The maximum atomic E-state index is 5.99. The van der Waals surface area contributed by atoms with Gasteiger partial charge in [0, 0.05) is 25.2 Å². The van der Waals surface area contributed by atoms with Gasteiger partial charge < -0.3 is 10.6 Å². The smallest absolute Gasteiger partial charge is 0.0235 e. The molecule has 0 aromatic carbocycles. The van der Waals surface area contributed by atoms with Crippen LogP contribution in [0.4, 0.5) is 0 Å². The second-order valence-corrected chi connectivity index (χ2v) is 5.86. The van der Waals surface area contributed by atoms with Crippen LogP contribution in [0.1, 0.15) is 39.5 Å². The van der Waals surface area contributed by atoms with Crippen LogP contribution in [0.15, 0.2) is 0 Å². The van der Waals surface area contributed by atoms with E-state index in [1.807, 2.05) is 0 Å². The summed E-state index contributed by atoms with van der Waals surface area (Å²) in [6.07, 6.45) is 5.22. The van der Waals surface area contributed by atoms with E-state index in [9.17, 15) is 0 Å². The maximum absolute atomic E-state index is 5.99. The van der Waals surface area contributed by atoms with Crippen molar-refractivity contribution in [2.45, 2.75) is 51.6 Å². The molecule has 3 unspecified atom stereocenters. The highest BCUT2D eigenvalue weighted by Crippen LogP contribution is 2.26. The van der Waals surface area contributed by atoms with Gasteiger partial charge in [0.2, 0.25) is 0 Å². The highest BCUT2D eigenvalue weighted by Gasteiger charge is 2.29. The molecule has 100 valence electrons. The molecule has 2 N–H and O–H groups in total. The molecule has 3 atom stereocenters. The number of nitrogens with zero attached hydrogens (tertiary/aromatic N) is 2. The van der Waals surface area contributed by atoms with E-state index >= 15 is 0 Å². The zero-order valence-corrected chi connectivity index (χ0v) is 11.6. The summed E-state index contributed by atoms with van der Waals surface area (Å²) in [5.41, 5.74) is 5.99. The summed E-state index contributed by atoms with van der Waals surface area (Å²) in [6, 6.07) is 1.29. The molecule has 3 nitrogen and oxygen atoms in total. The number of hydrogen-bond acceptors (Lipinski definition) is 3. The topological polar surface area (TPSA) is 32.5 Å². The van der Waals surface area contributed by atoms with Crippen LogP contribution in [0.25, 0.3) is 0 Å². The van der Waals surface area contributed by atoms with E-state index in [-0.39, 0.29) is 0 Å². The van der Waals surface area contributed by atoms with Gasteiger partial charge in [0.05, 0.1) is 0 Å². The molecule has 0 spiro atoms. The molecule has 2 aliphatic rings. The molecule has 0 bridgehead atoms. The van der Waals surface area contributed by atoms with Crippen LogP contribution in [0.3, 0.4) is 0 Å². The van der Waals surface area contributed by atoms with Gasteiger partial charge in [-0.2, -0.15) is 0 Å². The van der Waals surface area contributed by atoms with Crippen LogP contribution in [0.2, 0.25) is 0 Å². The third-order valence-electron chi connectivity index (χ3n) is 4.67. The largest absolute Gasteiger partial charge is 0.328 e. The Balaban J connectivity index is 1.74. The molecule has 0 aromatic heterocycles. The fraction of sp³-hybridized carbons (Fsp3) is 1.00. The van der Waals surface area contributed by atoms with Crippen molar-refractivity contribution in [2.75, 3.05) is 32.7 Å². The second-order valence-electron chi connectivity index (χ2n) is 5.86. The van der Waals surface area contributed by atoms with Crippen molar-refractivity contribution in [3.05, 3.63) is 0 Å². The summed E-state index contributed by atoms with van der Waals surface area (Å²) in [6.45, 7) is 10.8. The number of likely N-dealkylation sites (tertiary alicyclic amines) is 1. The van der Waals surface area contributed by atoms with E-state index in [4.69, 9.17) is 5.73 Å². The average Bonchev–Trinajstić information content (AvgIpc) is 2.91. The molecule has 2 rings (SSSR count). The normalized spacial score (nSPS) is 34.9. The van der Waals surface area contributed by atoms with Gasteiger partial charge in [0.25, 0.3) is 0 Å². The fourth-order valence-corrected chi connectivity index (χ4v) is 3.66. The van der Waals surface area contributed by atoms with Crippen LogP contribution in [0, 0.1) is 5.92 Å². The molecular formula is C14H29N3. The zero-order chi connectivity index (χ0) is 12.3. The minimum absolute atomic E-state index is 0.487. The first-order chi connectivity index (χ1) is 8.22. The predicted molar refractivity (Wildman–Crippen MR) is 73.1 cm³/mol. The van der Waals surface area contributed by atoms with Gasteiger partial charge in [-0.3, -0.25) is 4.90 Å². The number of likely N-dealkylation sites (N-methyl/N-ethyl adjacent to an activating group) is 1. The molecule has 2 fully saturated rings. The molecule has 3 heteroatoms. The lowest BCUT2D eigenvalue weighted by molar-refractivity contribution is 0.202. The van der Waals surface area contributed by atoms with Crippen molar-refractivity contribution >= 4 is 0 Å². The van der Waals surface area contributed by atoms with Crippen molar-refractivity contribution in [3.63, 3.8) is 0 Å². The molecule has 1 aliphatic carbocycles. The molecule has 1 heterocycles. The molecule has 17 heavy (non-hydrogen) atoms. The Kier molecular flexibility index (Phi) is 4.83. The van der Waals surface area contributed by atoms with Gasteiger partial charge in [-0.25, -0.2) is 0 Å². The first-order valence-corrected chi connectivity index (χ1v) is 7.44. The van der Waals surface area contributed by atoms with Crippen molar-refractivity contribution < 1.29 is 0 Å². The summed E-state index contributed by atoms with van der Waals surface area (Å²) in [4.78, 5) is 5.28. The van der Waals surface area contributed by atoms with Crippen LogP contribution in [-0.2, 0) is 0 Å². The van der Waals surface area contributed by atoms with Crippen LogP contribution in [-0.4, -0.2) is 54.6 Å². The average molecular weight is 239 g/mol. The monoisotopic (exact) mass is 239 g/mol. The Morgan fingerprint density at radius 3 is 2.53 bits per heavy atom. The summed E-state index contributed by atoms with van der Waals surface area (Å²) in [5.74, 6) is 0.875. The zero-order valence-electron chi connectivity index (χ0n) is 11.6. The van der Waals surface area contributed by atoms with E-state index in [1.165, 1.54) is 58.4 Å². The predicted octanol–water partition coefficient (Wildman–Crippen LogP) is 1.53. The van der Waals surface area contributed by atoms with Gasteiger partial charge in [0.1, 0.15) is 0 Å². The van der Waals surface area contributed by atoms with E-state index in [0.29, 0.717) is 6.04 Å². The minimum atomic E-state index is 0.487. The summed E-state index contributed by atoms with van der Waals surface area (Å²) < 4.78 is 0. The van der Waals surface area contributed by atoms with Gasteiger partial charge >= 0.3 is 0 Å². The van der Waals surface area contributed by atoms with Gasteiger partial charge in [-0.15, -0.1) is 0 Å².